The first-order valence-corrected chi connectivity index (χ1v) is 8.96. The topological polar surface area (TPSA) is 72.8 Å². The second-order valence-electron chi connectivity index (χ2n) is 7.74. The van der Waals surface area contributed by atoms with E-state index in [1.54, 1.807) is 6.33 Å². The van der Waals surface area contributed by atoms with Crippen LogP contribution < -0.4 is 0 Å². The van der Waals surface area contributed by atoms with Crippen molar-refractivity contribution in [2.45, 2.75) is 45.8 Å². The minimum absolute atomic E-state index is 0.207. The van der Waals surface area contributed by atoms with Crippen molar-refractivity contribution in [1.82, 2.24) is 14.1 Å². The van der Waals surface area contributed by atoms with Gasteiger partial charge in [0.25, 0.3) is 0 Å². The van der Waals surface area contributed by atoms with Crippen LogP contribution in [0.2, 0.25) is 0 Å². The lowest BCUT2D eigenvalue weighted by molar-refractivity contribution is -0.154. The van der Waals surface area contributed by atoms with E-state index in [4.69, 9.17) is 4.74 Å². The molecule has 1 aromatic carbocycles. The minimum atomic E-state index is -0.480. The van der Waals surface area contributed by atoms with E-state index in [9.17, 15) is 10.1 Å². The summed E-state index contributed by atoms with van der Waals surface area (Å²) >= 11 is 0. The fraction of sp³-hybridized carbons (Fsp3) is 0.381. The minimum Gasteiger partial charge on any atom is -0.460 e. The number of nitrogens with zero attached hydrogens (tertiary/aromatic N) is 4. The summed E-state index contributed by atoms with van der Waals surface area (Å²) in [5.41, 5.74) is 3.11. The molecule has 0 amide bonds. The normalized spacial score (nSPS) is 11.5. The van der Waals surface area contributed by atoms with Crippen LogP contribution >= 0.6 is 0 Å². The number of aromatic nitrogens is 3. The average Bonchev–Trinajstić information content (AvgIpc) is 3.15. The molecule has 0 N–H and O–H groups in total. The SMILES string of the molecule is Cn1cnc(Cn2cc(CCC(=O)OC(C)(C)C)c3ccc(C#N)cc32)c1. The number of nitriles is 1. The molecule has 6 heteroatoms. The molecule has 0 unspecified atom stereocenters. The Labute approximate surface area is 159 Å². The van der Waals surface area contributed by atoms with Gasteiger partial charge >= 0.3 is 5.97 Å². The Balaban J connectivity index is 1.89. The fourth-order valence-electron chi connectivity index (χ4n) is 3.12. The van der Waals surface area contributed by atoms with Crippen LogP contribution in [-0.4, -0.2) is 25.7 Å². The summed E-state index contributed by atoms with van der Waals surface area (Å²) in [6.45, 7) is 6.21. The largest absolute Gasteiger partial charge is 0.460 e. The molecule has 0 spiro atoms. The third-order valence-corrected chi connectivity index (χ3v) is 4.20. The summed E-state index contributed by atoms with van der Waals surface area (Å²) in [7, 11) is 1.93. The van der Waals surface area contributed by atoms with Crippen LogP contribution in [0.5, 0.6) is 0 Å². The molecule has 3 aromatic rings. The van der Waals surface area contributed by atoms with Crippen LogP contribution in [-0.2, 0) is 29.5 Å². The third kappa shape index (κ3) is 4.56. The van der Waals surface area contributed by atoms with Crippen LogP contribution in [0.4, 0.5) is 0 Å². The predicted molar refractivity (Wildman–Crippen MR) is 103 cm³/mol. The number of fused-ring (bicyclic) bond motifs is 1. The number of carbonyl (C=O) groups is 1. The first kappa shape index (κ1) is 18.7. The number of esters is 1. The summed E-state index contributed by atoms with van der Waals surface area (Å²) in [6, 6.07) is 7.84. The third-order valence-electron chi connectivity index (χ3n) is 4.20. The zero-order chi connectivity index (χ0) is 19.6. The van der Waals surface area contributed by atoms with Crippen molar-refractivity contribution in [2.75, 3.05) is 0 Å². The second kappa shape index (κ2) is 7.28. The molecular formula is C21H24N4O2. The molecule has 2 aromatic heterocycles. The van der Waals surface area contributed by atoms with Crippen molar-refractivity contribution < 1.29 is 9.53 Å². The molecule has 6 nitrogen and oxygen atoms in total. The highest BCUT2D eigenvalue weighted by atomic mass is 16.6. The highest BCUT2D eigenvalue weighted by Crippen LogP contribution is 2.25. The summed E-state index contributed by atoms with van der Waals surface area (Å²) in [4.78, 5) is 16.5. The molecule has 0 saturated carbocycles. The number of rotatable bonds is 5. The zero-order valence-electron chi connectivity index (χ0n) is 16.2. The molecule has 0 saturated heterocycles. The molecule has 3 rings (SSSR count). The number of carbonyl (C=O) groups excluding carboxylic acids is 1. The zero-order valence-corrected chi connectivity index (χ0v) is 16.2. The van der Waals surface area contributed by atoms with Crippen LogP contribution in [0.1, 0.15) is 44.0 Å². The van der Waals surface area contributed by atoms with Gasteiger partial charge in [0.2, 0.25) is 0 Å². The van der Waals surface area contributed by atoms with Gasteiger partial charge in [-0.15, -0.1) is 0 Å². The summed E-state index contributed by atoms with van der Waals surface area (Å²) in [6.07, 6.45) is 6.70. The van der Waals surface area contributed by atoms with Crippen LogP contribution in [0.15, 0.2) is 36.9 Å². The maximum absolute atomic E-state index is 12.1. The molecule has 0 bridgehead atoms. The maximum atomic E-state index is 12.1. The Morgan fingerprint density at radius 3 is 2.70 bits per heavy atom. The van der Waals surface area contributed by atoms with Gasteiger partial charge in [-0.25, -0.2) is 4.98 Å². The predicted octanol–water partition coefficient (Wildman–Crippen LogP) is 3.57. The molecule has 0 radical (unpaired) electrons. The lowest BCUT2D eigenvalue weighted by Gasteiger charge is -2.19. The Bertz CT molecular complexity index is 1020. The van der Waals surface area contributed by atoms with Crippen molar-refractivity contribution in [3.8, 4) is 6.07 Å². The number of aryl methyl sites for hydroxylation is 2. The maximum Gasteiger partial charge on any atom is 0.306 e. The van der Waals surface area contributed by atoms with Gasteiger partial charge in [-0.3, -0.25) is 4.79 Å². The average molecular weight is 364 g/mol. The van der Waals surface area contributed by atoms with E-state index in [1.165, 1.54) is 0 Å². The van der Waals surface area contributed by atoms with Gasteiger partial charge in [0, 0.05) is 36.8 Å². The van der Waals surface area contributed by atoms with E-state index in [0.29, 0.717) is 24.9 Å². The lowest BCUT2D eigenvalue weighted by Crippen LogP contribution is -2.23. The van der Waals surface area contributed by atoms with E-state index in [2.05, 4.69) is 15.6 Å². The van der Waals surface area contributed by atoms with Gasteiger partial charge in [0.1, 0.15) is 5.60 Å². The molecule has 0 aliphatic rings. The van der Waals surface area contributed by atoms with Crippen molar-refractivity contribution in [1.29, 1.82) is 5.26 Å². The molecule has 0 atom stereocenters. The summed E-state index contributed by atoms with van der Waals surface area (Å²) in [5.74, 6) is -0.207. The quantitative estimate of drug-likeness (QED) is 0.649. The Hall–Kier alpha value is -3.07. The number of hydrogen-bond acceptors (Lipinski definition) is 4. The summed E-state index contributed by atoms with van der Waals surface area (Å²) in [5, 5.41) is 10.3. The van der Waals surface area contributed by atoms with Gasteiger partial charge in [0.15, 0.2) is 0 Å². The number of hydrogen-bond donors (Lipinski definition) is 0. The number of ether oxygens (including phenoxy) is 1. The second-order valence-corrected chi connectivity index (χ2v) is 7.74. The first-order valence-electron chi connectivity index (χ1n) is 8.96. The van der Waals surface area contributed by atoms with Gasteiger partial charge in [-0.05, 0) is 44.9 Å². The molecule has 140 valence electrons. The smallest absolute Gasteiger partial charge is 0.306 e. The standard InChI is InChI=1S/C21H24N4O2/c1-21(2,3)27-20(26)8-6-16-11-25(13-17-12-24(4)14-23-17)19-9-15(10-22)5-7-18(16)19/h5,7,9,11-12,14H,6,8,13H2,1-4H3. The van der Waals surface area contributed by atoms with Gasteiger partial charge in [0.05, 0.1) is 30.2 Å². The van der Waals surface area contributed by atoms with Crippen molar-refractivity contribution in [2.24, 2.45) is 7.05 Å². The molecule has 27 heavy (non-hydrogen) atoms. The molecule has 0 fully saturated rings. The monoisotopic (exact) mass is 364 g/mol. The lowest BCUT2D eigenvalue weighted by atomic mass is 10.1. The molecule has 0 aliphatic carbocycles. The van der Waals surface area contributed by atoms with E-state index >= 15 is 0 Å². The van der Waals surface area contributed by atoms with E-state index in [1.807, 2.05) is 63.0 Å². The highest BCUT2D eigenvalue weighted by Gasteiger charge is 2.17. The van der Waals surface area contributed by atoms with E-state index in [0.717, 1.165) is 22.2 Å². The Morgan fingerprint density at radius 1 is 1.30 bits per heavy atom. The fourth-order valence-corrected chi connectivity index (χ4v) is 3.12. The number of imidazole rings is 1. The number of benzene rings is 1. The molecule has 2 heterocycles. The van der Waals surface area contributed by atoms with Crippen molar-refractivity contribution in [3.05, 3.63) is 53.7 Å². The molecule has 0 aliphatic heterocycles. The molecular weight excluding hydrogens is 340 g/mol. The van der Waals surface area contributed by atoms with Crippen molar-refractivity contribution in [3.63, 3.8) is 0 Å². The van der Waals surface area contributed by atoms with Gasteiger partial charge in [-0.2, -0.15) is 5.26 Å². The van der Waals surface area contributed by atoms with Crippen LogP contribution in [0, 0.1) is 11.3 Å². The Kier molecular flexibility index (Phi) is 5.04. The van der Waals surface area contributed by atoms with Crippen LogP contribution in [0.25, 0.3) is 10.9 Å². The first-order chi connectivity index (χ1) is 12.7. The van der Waals surface area contributed by atoms with Crippen molar-refractivity contribution >= 4 is 16.9 Å². The Morgan fingerprint density at radius 2 is 2.07 bits per heavy atom. The van der Waals surface area contributed by atoms with E-state index in [-0.39, 0.29) is 5.97 Å². The van der Waals surface area contributed by atoms with Gasteiger partial charge < -0.3 is 13.9 Å². The highest BCUT2D eigenvalue weighted by molar-refractivity contribution is 5.86. The van der Waals surface area contributed by atoms with E-state index < -0.39 is 5.60 Å². The van der Waals surface area contributed by atoms with Crippen LogP contribution in [0.3, 0.4) is 0 Å². The van der Waals surface area contributed by atoms with Gasteiger partial charge in [-0.1, -0.05) is 6.07 Å². The summed E-state index contributed by atoms with van der Waals surface area (Å²) < 4.78 is 9.41.